The standard InChI is InChI=1S/C24H28N4O5S/c1-13-19(21(34-2)27-20(25-13)17-4-3-5-32-17)22(30)33-12-18(29)26-23(31)28-24-9-14-6-15(10-24)8-16(7-14)11-24/h3-5,14-16H,6-12H2,1-2H3,(H2,26,28,29,31). The van der Waals surface area contributed by atoms with Gasteiger partial charge in [0, 0.05) is 5.54 Å². The molecule has 4 saturated carbocycles. The highest BCUT2D eigenvalue weighted by Gasteiger charge is 2.51. The number of aromatic nitrogens is 2. The van der Waals surface area contributed by atoms with Crippen LogP contribution in [0.4, 0.5) is 4.79 Å². The van der Waals surface area contributed by atoms with Gasteiger partial charge in [0.2, 0.25) is 0 Å². The summed E-state index contributed by atoms with van der Waals surface area (Å²) in [6.07, 6.45) is 10.1. The van der Waals surface area contributed by atoms with E-state index in [4.69, 9.17) is 9.15 Å². The second-order valence-corrected chi connectivity index (χ2v) is 10.6. The number of aryl methyl sites for hydroxylation is 1. The van der Waals surface area contributed by atoms with Crippen LogP contribution in [0.3, 0.4) is 0 Å². The zero-order chi connectivity index (χ0) is 23.9. The van der Waals surface area contributed by atoms with Crippen molar-refractivity contribution in [2.24, 2.45) is 17.8 Å². The highest BCUT2D eigenvalue weighted by molar-refractivity contribution is 7.98. The summed E-state index contributed by atoms with van der Waals surface area (Å²) in [6.45, 7) is 1.10. The lowest BCUT2D eigenvalue weighted by molar-refractivity contribution is -0.123. The Balaban J connectivity index is 1.17. The first-order valence-corrected chi connectivity index (χ1v) is 12.8. The fourth-order valence-corrected chi connectivity index (χ4v) is 6.96. The van der Waals surface area contributed by atoms with Crippen LogP contribution in [-0.2, 0) is 9.53 Å². The predicted molar refractivity (Wildman–Crippen MR) is 124 cm³/mol. The first kappa shape index (κ1) is 22.9. The van der Waals surface area contributed by atoms with E-state index in [-0.39, 0.29) is 11.1 Å². The molecule has 0 saturated heterocycles. The first-order chi connectivity index (χ1) is 16.3. The quantitative estimate of drug-likeness (QED) is 0.361. The van der Waals surface area contributed by atoms with Crippen LogP contribution in [0.25, 0.3) is 11.6 Å². The molecule has 0 aliphatic heterocycles. The van der Waals surface area contributed by atoms with Crippen molar-refractivity contribution in [3.05, 3.63) is 29.7 Å². The monoisotopic (exact) mass is 484 g/mol. The van der Waals surface area contributed by atoms with Crippen LogP contribution in [0, 0.1) is 24.7 Å². The van der Waals surface area contributed by atoms with Crippen molar-refractivity contribution in [2.75, 3.05) is 12.9 Å². The zero-order valence-electron chi connectivity index (χ0n) is 19.3. The first-order valence-electron chi connectivity index (χ1n) is 11.6. The normalized spacial score (nSPS) is 26.8. The van der Waals surface area contributed by atoms with Gasteiger partial charge in [0.05, 0.1) is 12.0 Å². The Hall–Kier alpha value is -2.88. The molecule has 0 unspecified atom stereocenters. The number of amides is 3. The molecule has 2 aromatic heterocycles. The maximum Gasteiger partial charge on any atom is 0.343 e. The molecule has 2 aromatic rings. The molecule has 0 aromatic carbocycles. The maximum atomic E-state index is 12.7. The number of nitrogens with one attached hydrogen (secondary N) is 2. The molecule has 34 heavy (non-hydrogen) atoms. The smallest absolute Gasteiger partial charge is 0.343 e. The third-order valence-corrected chi connectivity index (χ3v) is 7.88. The summed E-state index contributed by atoms with van der Waals surface area (Å²) in [7, 11) is 0. The van der Waals surface area contributed by atoms with E-state index in [0.29, 0.717) is 40.1 Å². The lowest BCUT2D eigenvalue weighted by atomic mass is 9.53. The molecule has 0 atom stereocenters. The topological polar surface area (TPSA) is 123 Å². The van der Waals surface area contributed by atoms with Crippen molar-refractivity contribution in [3.63, 3.8) is 0 Å². The Kier molecular flexibility index (Phi) is 6.09. The van der Waals surface area contributed by atoms with Crippen LogP contribution in [0.1, 0.15) is 54.6 Å². The minimum absolute atomic E-state index is 0.189. The number of rotatable bonds is 6. The Morgan fingerprint density at radius 3 is 2.41 bits per heavy atom. The number of carbonyl (C=O) groups is 3. The minimum atomic E-state index is -0.718. The Labute approximate surface area is 201 Å². The number of esters is 1. The molecule has 4 aliphatic rings. The third-order valence-electron chi connectivity index (χ3n) is 7.20. The molecule has 0 radical (unpaired) electrons. The van der Waals surface area contributed by atoms with Gasteiger partial charge in [-0.05, 0) is 81.6 Å². The van der Waals surface area contributed by atoms with Crippen molar-refractivity contribution in [1.82, 2.24) is 20.6 Å². The van der Waals surface area contributed by atoms with Crippen LogP contribution >= 0.6 is 11.8 Å². The Bertz CT molecular complexity index is 1080. The summed E-state index contributed by atoms with van der Waals surface area (Å²) in [6, 6.07) is 2.94. The highest BCUT2D eigenvalue weighted by Crippen LogP contribution is 2.55. The molecule has 4 aliphatic carbocycles. The van der Waals surface area contributed by atoms with E-state index in [1.165, 1.54) is 37.3 Å². The van der Waals surface area contributed by atoms with E-state index >= 15 is 0 Å². The minimum Gasteiger partial charge on any atom is -0.461 e. The lowest BCUT2D eigenvalue weighted by Gasteiger charge is -2.56. The summed E-state index contributed by atoms with van der Waals surface area (Å²) in [5, 5.41) is 5.82. The van der Waals surface area contributed by atoms with Crippen molar-refractivity contribution in [1.29, 1.82) is 0 Å². The molecule has 2 N–H and O–H groups in total. The number of carbonyl (C=O) groups excluding carboxylic acids is 3. The van der Waals surface area contributed by atoms with Gasteiger partial charge in [-0.15, -0.1) is 11.8 Å². The average molecular weight is 485 g/mol. The Morgan fingerprint density at radius 2 is 1.82 bits per heavy atom. The van der Waals surface area contributed by atoms with Gasteiger partial charge in [0.15, 0.2) is 18.2 Å². The van der Waals surface area contributed by atoms with E-state index in [1.807, 2.05) is 0 Å². The second kappa shape index (κ2) is 9.05. The summed E-state index contributed by atoms with van der Waals surface area (Å²) < 4.78 is 10.5. The summed E-state index contributed by atoms with van der Waals surface area (Å²) in [4.78, 5) is 46.3. The van der Waals surface area contributed by atoms with E-state index < -0.39 is 24.5 Å². The summed E-state index contributed by atoms with van der Waals surface area (Å²) in [5.74, 6) is 1.50. The predicted octanol–water partition coefficient (Wildman–Crippen LogP) is 3.72. The molecule has 9 nitrogen and oxygen atoms in total. The molecule has 180 valence electrons. The molecule has 2 heterocycles. The molecular weight excluding hydrogens is 456 g/mol. The highest BCUT2D eigenvalue weighted by atomic mass is 32.2. The lowest BCUT2D eigenvalue weighted by Crippen LogP contribution is -2.62. The van der Waals surface area contributed by atoms with Crippen LogP contribution in [-0.4, -0.2) is 46.3 Å². The van der Waals surface area contributed by atoms with Gasteiger partial charge in [-0.2, -0.15) is 0 Å². The molecule has 10 heteroatoms. The molecule has 0 spiro atoms. The number of furan rings is 1. The number of imide groups is 1. The van der Waals surface area contributed by atoms with Gasteiger partial charge >= 0.3 is 12.0 Å². The van der Waals surface area contributed by atoms with Gasteiger partial charge in [0.25, 0.3) is 5.91 Å². The molecule has 4 fully saturated rings. The zero-order valence-corrected chi connectivity index (χ0v) is 20.1. The molecule has 6 rings (SSSR count). The van der Waals surface area contributed by atoms with Gasteiger partial charge < -0.3 is 14.5 Å². The van der Waals surface area contributed by atoms with E-state index in [9.17, 15) is 14.4 Å². The van der Waals surface area contributed by atoms with Gasteiger partial charge in [0.1, 0.15) is 10.6 Å². The van der Waals surface area contributed by atoms with Crippen LogP contribution in [0.15, 0.2) is 27.8 Å². The van der Waals surface area contributed by atoms with Crippen LogP contribution in [0.2, 0.25) is 0 Å². The molecule has 4 bridgehead atoms. The number of urea groups is 1. The second-order valence-electron chi connectivity index (χ2n) is 9.77. The van der Waals surface area contributed by atoms with Crippen molar-refractivity contribution in [2.45, 2.75) is 56.0 Å². The Morgan fingerprint density at radius 1 is 1.15 bits per heavy atom. The maximum absolute atomic E-state index is 12.7. The SMILES string of the molecule is CSc1nc(-c2ccco2)nc(C)c1C(=O)OCC(=O)NC(=O)NC12CC3CC(CC(C3)C1)C2. The van der Waals surface area contributed by atoms with Crippen molar-refractivity contribution >= 4 is 29.7 Å². The average Bonchev–Trinajstić information content (AvgIpc) is 3.30. The number of thioether (sulfide) groups is 1. The van der Waals surface area contributed by atoms with E-state index in [1.54, 1.807) is 25.3 Å². The van der Waals surface area contributed by atoms with Gasteiger partial charge in [-0.1, -0.05) is 0 Å². The summed E-state index contributed by atoms with van der Waals surface area (Å²) >= 11 is 1.27. The largest absolute Gasteiger partial charge is 0.461 e. The van der Waals surface area contributed by atoms with Crippen molar-refractivity contribution < 1.29 is 23.5 Å². The van der Waals surface area contributed by atoms with Crippen molar-refractivity contribution in [3.8, 4) is 11.6 Å². The van der Waals surface area contributed by atoms with E-state index in [0.717, 1.165) is 19.3 Å². The summed E-state index contributed by atoms with van der Waals surface area (Å²) in [5.41, 5.74) is 0.400. The van der Waals surface area contributed by atoms with Gasteiger partial charge in [-0.3, -0.25) is 10.1 Å². The van der Waals surface area contributed by atoms with Crippen LogP contribution < -0.4 is 10.6 Å². The number of hydrogen-bond acceptors (Lipinski definition) is 8. The fraction of sp³-hybridized carbons (Fsp3) is 0.542. The number of nitrogens with zero attached hydrogens (tertiary/aromatic N) is 2. The van der Waals surface area contributed by atoms with Crippen LogP contribution in [0.5, 0.6) is 0 Å². The molecular formula is C24H28N4O5S. The third kappa shape index (κ3) is 4.55. The number of hydrogen-bond donors (Lipinski definition) is 2. The molecule has 3 amide bonds. The van der Waals surface area contributed by atoms with E-state index in [2.05, 4.69) is 20.6 Å². The number of ether oxygens (including phenoxy) is 1. The van der Waals surface area contributed by atoms with Gasteiger partial charge in [-0.25, -0.2) is 19.6 Å². The fourth-order valence-electron chi connectivity index (χ4n) is 6.35.